The fourth-order valence-electron chi connectivity index (χ4n) is 2.61. The van der Waals surface area contributed by atoms with Crippen LogP contribution in [-0.4, -0.2) is 40.9 Å². The van der Waals surface area contributed by atoms with Gasteiger partial charge in [-0.15, -0.1) is 0 Å². The van der Waals surface area contributed by atoms with E-state index in [1.807, 2.05) is 11.9 Å². The molecule has 7 heteroatoms. The highest BCUT2D eigenvalue weighted by Crippen LogP contribution is 2.30. The van der Waals surface area contributed by atoms with E-state index in [2.05, 4.69) is 10.4 Å². The van der Waals surface area contributed by atoms with E-state index in [9.17, 15) is 10.1 Å². The highest BCUT2D eigenvalue weighted by atomic mass is 16.6. The van der Waals surface area contributed by atoms with Crippen LogP contribution in [0.5, 0.6) is 0 Å². The Morgan fingerprint density at radius 3 is 2.94 bits per heavy atom. The standard InChI is InChI=1S/C11H19N5O2/c1-8-10(16(17)18)11(15(3)13-8)14(2)7-9-5-4-6-12-9/h9,12H,4-7H2,1-3H3. The first-order chi connectivity index (χ1) is 8.50. The second-order valence-electron chi connectivity index (χ2n) is 4.81. The Hall–Kier alpha value is -1.63. The summed E-state index contributed by atoms with van der Waals surface area (Å²) in [6.45, 7) is 3.47. The molecule has 1 saturated heterocycles. The molecule has 0 spiro atoms. The number of hydrogen-bond acceptors (Lipinski definition) is 5. The third kappa shape index (κ3) is 2.31. The van der Waals surface area contributed by atoms with E-state index in [1.165, 1.54) is 6.42 Å². The van der Waals surface area contributed by atoms with Crippen molar-refractivity contribution in [3.05, 3.63) is 15.8 Å². The Labute approximate surface area is 106 Å². The minimum absolute atomic E-state index is 0.109. The number of rotatable bonds is 4. The molecule has 1 aliphatic heterocycles. The Morgan fingerprint density at radius 2 is 2.39 bits per heavy atom. The molecule has 7 nitrogen and oxygen atoms in total. The molecule has 1 aliphatic rings. The van der Waals surface area contributed by atoms with Crippen LogP contribution in [0.1, 0.15) is 18.5 Å². The summed E-state index contributed by atoms with van der Waals surface area (Å²) in [5.74, 6) is 0.575. The van der Waals surface area contributed by atoms with Crippen molar-refractivity contribution in [3.8, 4) is 0 Å². The number of aryl methyl sites for hydroxylation is 2. The molecule has 1 fully saturated rings. The summed E-state index contributed by atoms with van der Waals surface area (Å²) in [6.07, 6.45) is 2.29. The molecule has 2 heterocycles. The number of nitro groups is 1. The van der Waals surface area contributed by atoms with Gasteiger partial charge in [0.25, 0.3) is 0 Å². The van der Waals surface area contributed by atoms with Crippen LogP contribution < -0.4 is 10.2 Å². The zero-order valence-corrected chi connectivity index (χ0v) is 11.0. The van der Waals surface area contributed by atoms with Crippen molar-refractivity contribution in [2.45, 2.75) is 25.8 Å². The molecule has 0 aliphatic carbocycles. The second kappa shape index (κ2) is 4.93. The van der Waals surface area contributed by atoms with E-state index in [0.29, 0.717) is 17.6 Å². The van der Waals surface area contributed by atoms with Crippen molar-refractivity contribution in [3.63, 3.8) is 0 Å². The highest BCUT2D eigenvalue weighted by Gasteiger charge is 2.28. The normalized spacial score (nSPS) is 19.2. The van der Waals surface area contributed by atoms with Gasteiger partial charge in [0.2, 0.25) is 5.82 Å². The molecule has 0 bridgehead atoms. The largest absolute Gasteiger partial charge is 0.353 e. The Morgan fingerprint density at radius 1 is 1.67 bits per heavy atom. The van der Waals surface area contributed by atoms with Gasteiger partial charge in [-0.1, -0.05) is 0 Å². The smallest absolute Gasteiger partial charge is 0.333 e. The SMILES string of the molecule is Cc1nn(C)c(N(C)CC2CCCN2)c1[N+](=O)[O-]. The number of nitrogens with zero attached hydrogens (tertiary/aromatic N) is 4. The fourth-order valence-corrected chi connectivity index (χ4v) is 2.61. The number of aromatic nitrogens is 2. The maximum Gasteiger partial charge on any atom is 0.333 e. The summed E-state index contributed by atoms with van der Waals surface area (Å²) in [5.41, 5.74) is 0.571. The van der Waals surface area contributed by atoms with Crippen LogP contribution in [0.3, 0.4) is 0 Å². The molecule has 0 radical (unpaired) electrons. The lowest BCUT2D eigenvalue weighted by molar-refractivity contribution is -0.384. The Kier molecular flexibility index (Phi) is 3.51. The first-order valence-electron chi connectivity index (χ1n) is 6.13. The minimum Gasteiger partial charge on any atom is -0.353 e. The zero-order valence-electron chi connectivity index (χ0n) is 11.0. The Bertz CT molecular complexity index is 451. The van der Waals surface area contributed by atoms with Crippen molar-refractivity contribution in [2.75, 3.05) is 25.0 Å². The van der Waals surface area contributed by atoms with Crippen molar-refractivity contribution < 1.29 is 4.92 Å². The summed E-state index contributed by atoms with van der Waals surface area (Å²) in [6, 6.07) is 0.407. The molecule has 1 atom stereocenters. The summed E-state index contributed by atoms with van der Waals surface area (Å²) < 4.78 is 1.59. The van der Waals surface area contributed by atoms with Crippen LogP contribution in [0, 0.1) is 17.0 Å². The summed E-state index contributed by atoms with van der Waals surface area (Å²) >= 11 is 0. The monoisotopic (exact) mass is 253 g/mol. The van der Waals surface area contributed by atoms with Crippen LogP contribution in [0.25, 0.3) is 0 Å². The van der Waals surface area contributed by atoms with E-state index in [0.717, 1.165) is 19.5 Å². The first-order valence-corrected chi connectivity index (χ1v) is 6.13. The maximum atomic E-state index is 11.1. The lowest BCUT2D eigenvalue weighted by Gasteiger charge is -2.22. The number of anilines is 1. The average molecular weight is 253 g/mol. The van der Waals surface area contributed by atoms with Gasteiger partial charge in [-0.25, -0.2) is 4.68 Å². The van der Waals surface area contributed by atoms with Crippen LogP contribution in [0.15, 0.2) is 0 Å². The molecule has 1 aromatic heterocycles. The van der Waals surface area contributed by atoms with Crippen molar-refractivity contribution in [1.29, 1.82) is 0 Å². The molecular weight excluding hydrogens is 234 g/mol. The van der Waals surface area contributed by atoms with Gasteiger partial charge < -0.3 is 10.2 Å². The quantitative estimate of drug-likeness (QED) is 0.635. The van der Waals surface area contributed by atoms with Gasteiger partial charge in [-0.2, -0.15) is 5.10 Å². The van der Waals surface area contributed by atoms with Gasteiger partial charge in [0, 0.05) is 26.7 Å². The molecule has 0 aromatic carbocycles. The summed E-state index contributed by atoms with van der Waals surface area (Å²) in [7, 11) is 3.62. The van der Waals surface area contributed by atoms with Crippen LogP contribution in [-0.2, 0) is 7.05 Å². The van der Waals surface area contributed by atoms with Gasteiger partial charge >= 0.3 is 5.69 Å². The molecule has 100 valence electrons. The average Bonchev–Trinajstić information content (AvgIpc) is 2.85. The zero-order chi connectivity index (χ0) is 13.3. The predicted octanol–water partition coefficient (Wildman–Crippen LogP) is 0.825. The number of hydrogen-bond donors (Lipinski definition) is 1. The molecule has 0 saturated carbocycles. The van der Waals surface area contributed by atoms with Crippen molar-refractivity contribution in [2.24, 2.45) is 7.05 Å². The van der Waals surface area contributed by atoms with Gasteiger partial charge in [0.05, 0.1) is 4.92 Å². The third-order valence-electron chi connectivity index (χ3n) is 3.36. The van der Waals surface area contributed by atoms with E-state index in [1.54, 1.807) is 18.7 Å². The lowest BCUT2D eigenvalue weighted by atomic mass is 10.2. The van der Waals surface area contributed by atoms with E-state index in [4.69, 9.17) is 0 Å². The molecule has 1 unspecified atom stereocenters. The molecule has 0 amide bonds. The molecule has 1 N–H and O–H groups in total. The first kappa shape index (κ1) is 12.8. The molecular formula is C11H19N5O2. The minimum atomic E-state index is -0.351. The molecule has 1 aromatic rings. The van der Waals surface area contributed by atoms with Gasteiger partial charge in [0.1, 0.15) is 5.69 Å². The van der Waals surface area contributed by atoms with E-state index >= 15 is 0 Å². The Balaban J connectivity index is 2.23. The van der Waals surface area contributed by atoms with Gasteiger partial charge in [-0.05, 0) is 26.3 Å². The van der Waals surface area contributed by atoms with Gasteiger partial charge in [0.15, 0.2) is 0 Å². The third-order valence-corrected chi connectivity index (χ3v) is 3.36. The van der Waals surface area contributed by atoms with Crippen LogP contribution in [0.4, 0.5) is 11.5 Å². The summed E-state index contributed by atoms with van der Waals surface area (Å²) in [5, 5.41) is 18.6. The second-order valence-corrected chi connectivity index (χ2v) is 4.81. The fraction of sp³-hybridized carbons (Fsp3) is 0.727. The maximum absolute atomic E-state index is 11.1. The van der Waals surface area contributed by atoms with Crippen LogP contribution >= 0.6 is 0 Å². The molecule has 18 heavy (non-hydrogen) atoms. The van der Waals surface area contributed by atoms with E-state index < -0.39 is 0 Å². The van der Waals surface area contributed by atoms with Gasteiger partial charge in [-0.3, -0.25) is 10.1 Å². The predicted molar refractivity (Wildman–Crippen MR) is 68.9 cm³/mol. The van der Waals surface area contributed by atoms with Crippen molar-refractivity contribution in [1.82, 2.24) is 15.1 Å². The number of nitrogens with one attached hydrogen (secondary N) is 1. The molecule has 2 rings (SSSR count). The topological polar surface area (TPSA) is 76.2 Å². The lowest BCUT2D eigenvalue weighted by Crippen LogP contribution is -2.36. The van der Waals surface area contributed by atoms with E-state index in [-0.39, 0.29) is 10.6 Å². The van der Waals surface area contributed by atoms with Crippen LogP contribution in [0.2, 0.25) is 0 Å². The summed E-state index contributed by atoms with van der Waals surface area (Å²) in [4.78, 5) is 12.7. The van der Waals surface area contributed by atoms with Crippen molar-refractivity contribution >= 4 is 11.5 Å². The number of likely N-dealkylation sites (N-methyl/N-ethyl adjacent to an activating group) is 1. The highest BCUT2D eigenvalue weighted by molar-refractivity contribution is 5.60.